The number of carboxylic acids is 1. The second-order valence-electron chi connectivity index (χ2n) is 12.9. The van der Waals surface area contributed by atoms with Gasteiger partial charge in [-0.1, -0.05) is 50.1 Å². The molecule has 49 heavy (non-hydrogen) atoms. The molecule has 2 rings (SSSR count). The zero-order chi connectivity index (χ0) is 35.9. The first-order chi connectivity index (χ1) is 23.6. The molecule has 1 aromatic rings. The molecule has 0 bridgehead atoms. The number of likely N-dealkylation sites (N-methyl/N-ethyl adjacent to an activating group) is 1. The van der Waals surface area contributed by atoms with Crippen molar-refractivity contribution in [3.05, 3.63) is 35.4 Å². The molecule has 0 spiro atoms. The molecule has 1 aliphatic rings. The third kappa shape index (κ3) is 18.8. The van der Waals surface area contributed by atoms with E-state index in [2.05, 4.69) is 68.8 Å². The molecule has 1 fully saturated rings. The normalized spacial score (nSPS) is 16.6. The van der Waals surface area contributed by atoms with Gasteiger partial charge in [0.05, 0.1) is 19.6 Å². The molecule has 1 aromatic carbocycles. The van der Waals surface area contributed by atoms with Crippen molar-refractivity contribution in [1.82, 2.24) is 35.6 Å². The first-order valence-corrected chi connectivity index (χ1v) is 18.1. The molecule has 0 aliphatic carbocycles. The van der Waals surface area contributed by atoms with Crippen molar-refractivity contribution >= 4 is 30.0 Å². The number of aryl methyl sites for hydroxylation is 2. The predicted octanol–water partition coefficient (Wildman–Crippen LogP) is 1.14. The zero-order valence-electron chi connectivity index (χ0n) is 30.1. The number of aliphatic carboxylic acids is 1. The highest BCUT2D eigenvalue weighted by molar-refractivity contribution is 5.87. The summed E-state index contributed by atoms with van der Waals surface area (Å²) in [7, 11) is 0. The molecule has 4 N–H and O–H groups in total. The van der Waals surface area contributed by atoms with Crippen molar-refractivity contribution in [1.29, 1.82) is 0 Å². The number of amides is 3. The summed E-state index contributed by atoms with van der Waals surface area (Å²) in [4.78, 5) is 69.7. The minimum absolute atomic E-state index is 0.105. The van der Waals surface area contributed by atoms with E-state index in [0.29, 0.717) is 84.6 Å². The smallest absolute Gasteiger partial charge is 0.317 e. The van der Waals surface area contributed by atoms with Gasteiger partial charge >= 0.3 is 5.97 Å². The van der Waals surface area contributed by atoms with E-state index in [0.717, 1.165) is 45.2 Å². The maximum atomic E-state index is 13.0. The molecular weight excluding hydrogens is 626 g/mol. The summed E-state index contributed by atoms with van der Waals surface area (Å²) < 4.78 is 0. The Morgan fingerprint density at radius 1 is 0.776 bits per heavy atom. The van der Waals surface area contributed by atoms with E-state index < -0.39 is 12.0 Å². The van der Waals surface area contributed by atoms with E-state index in [1.807, 2.05) is 11.8 Å². The topological polar surface area (TPSA) is 155 Å². The minimum Gasteiger partial charge on any atom is -0.480 e. The van der Waals surface area contributed by atoms with Crippen LogP contribution < -0.4 is 16.0 Å². The molecule has 1 aliphatic heterocycles. The molecule has 3 amide bonds. The Morgan fingerprint density at radius 3 is 1.96 bits per heavy atom. The molecule has 0 unspecified atom stereocenters. The van der Waals surface area contributed by atoms with Crippen molar-refractivity contribution in [2.75, 3.05) is 91.6 Å². The maximum absolute atomic E-state index is 13.0. The van der Waals surface area contributed by atoms with Gasteiger partial charge in [-0.05, 0) is 51.1 Å². The van der Waals surface area contributed by atoms with E-state index in [9.17, 15) is 29.1 Å². The number of aldehydes is 1. The molecule has 276 valence electrons. The van der Waals surface area contributed by atoms with Crippen molar-refractivity contribution in [3.8, 4) is 0 Å². The van der Waals surface area contributed by atoms with Crippen LogP contribution in [-0.4, -0.2) is 152 Å². The fourth-order valence-corrected chi connectivity index (χ4v) is 5.74. The second kappa shape index (κ2) is 24.7. The Kier molecular flexibility index (Phi) is 21.1. The van der Waals surface area contributed by atoms with Gasteiger partial charge < -0.3 is 30.8 Å². The van der Waals surface area contributed by atoms with E-state index >= 15 is 0 Å². The SMILES string of the molecule is CCCCNC(=O)[C@@H](CCCNC(=O)CN1CCN(CC)CCN(CC=O)CCN(CC(=O)O)CC1)NC(=O)CCCc1ccc(C)cc1. The van der Waals surface area contributed by atoms with Gasteiger partial charge in [0.25, 0.3) is 0 Å². The minimum atomic E-state index is -0.911. The summed E-state index contributed by atoms with van der Waals surface area (Å²) in [6.45, 7) is 13.3. The lowest BCUT2D eigenvalue weighted by Crippen LogP contribution is -2.49. The van der Waals surface area contributed by atoms with Crippen molar-refractivity contribution in [2.45, 2.75) is 71.8 Å². The Labute approximate surface area is 293 Å². The highest BCUT2D eigenvalue weighted by Crippen LogP contribution is 2.08. The van der Waals surface area contributed by atoms with Gasteiger partial charge in [-0.3, -0.25) is 33.9 Å². The molecule has 1 heterocycles. The van der Waals surface area contributed by atoms with Crippen LogP contribution in [0.2, 0.25) is 0 Å². The summed E-state index contributed by atoms with van der Waals surface area (Å²) in [6, 6.07) is 7.60. The number of unbranched alkanes of at least 4 members (excludes halogenated alkanes) is 1. The highest BCUT2D eigenvalue weighted by atomic mass is 16.4. The average Bonchev–Trinajstić information content (AvgIpc) is 3.07. The molecule has 13 nitrogen and oxygen atoms in total. The summed E-state index contributed by atoms with van der Waals surface area (Å²) in [5.74, 6) is -1.41. The van der Waals surface area contributed by atoms with Gasteiger partial charge in [-0.25, -0.2) is 0 Å². The maximum Gasteiger partial charge on any atom is 0.317 e. The number of rotatable bonds is 20. The average molecular weight is 688 g/mol. The molecular formula is C36H61N7O6. The molecule has 13 heteroatoms. The Hall–Kier alpha value is -3.39. The molecule has 0 aromatic heterocycles. The number of carboxylic acid groups (broad SMARTS) is 1. The van der Waals surface area contributed by atoms with Gasteiger partial charge in [0.15, 0.2) is 0 Å². The number of nitrogens with zero attached hydrogens (tertiary/aromatic N) is 4. The zero-order valence-corrected chi connectivity index (χ0v) is 30.1. The molecule has 1 atom stereocenters. The number of nitrogens with one attached hydrogen (secondary N) is 3. The van der Waals surface area contributed by atoms with E-state index in [-0.39, 0.29) is 30.8 Å². The fraction of sp³-hybridized carbons (Fsp3) is 0.694. The number of carbonyl (C=O) groups is 5. The van der Waals surface area contributed by atoms with Crippen LogP contribution in [0.4, 0.5) is 0 Å². The lowest BCUT2D eigenvalue weighted by molar-refractivity contribution is -0.138. The van der Waals surface area contributed by atoms with Gasteiger partial charge in [0.1, 0.15) is 12.3 Å². The van der Waals surface area contributed by atoms with Crippen molar-refractivity contribution in [2.24, 2.45) is 0 Å². The van der Waals surface area contributed by atoms with Gasteiger partial charge in [0, 0.05) is 71.9 Å². The number of hydrogen-bond donors (Lipinski definition) is 4. The van der Waals surface area contributed by atoms with Crippen LogP contribution in [0.25, 0.3) is 0 Å². The van der Waals surface area contributed by atoms with Crippen LogP contribution in [0, 0.1) is 6.92 Å². The molecule has 1 saturated heterocycles. The lowest BCUT2D eigenvalue weighted by atomic mass is 10.1. The summed E-state index contributed by atoms with van der Waals surface area (Å²) in [5, 5.41) is 18.3. The Morgan fingerprint density at radius 2 is 1.37 bits per heavy atom. The van der Waals surface area contributed by atoms with E-state index in [4.69, 9.17) is 0 Å². The summed E-state index contributed by atoms with van der Waals surface area (Å²) >= 11 is 0. The third-order valence-corrected chi connectivity index (χ3v) is 8.90. The van der Waals surface area contributed by atoms with Crippen LogP contribution in [0.1, 0.15) is 63.5 Å². The first-order valence-electron chi connectivity index (χ1n) is 18.1. The quantitative estimate of drug-likeness (QED) is 0.116. The van der Waals surface area contributed by atoms with E-state index in [1.165, 1.54) is 11.1 Å². The second-order valence-corrected chi connectivity index (χ2v) is 12.9. The largest absolute Gasteiger partial charge is 0.480 e. The first kappa shape index (κ1) is 41.8. The predicted molar refractivity (Wildman–Crippen MR) is 191 cm³/mol. The fourth-order valence-electron chi connectivity index (χ4n) is 5.74. The number of benzene rings is 1. The number of hydrogen-bond acceptors (Lipinski definition) is 9. The van der Waals surface area contributed by atoms with Crippen LogP contribution in [0.15, 0.2) is 24.3 Å². The lowest BCUT2D eigenvalue weighted by Gasteiger charge is -2.32. The van der Waals surface area contributed by atoms with Crippen LogP contribution in [0.3, 0.4) is 0 Å². The highest BCUT2D eigenvalue weighted by Gasteiger charge is 2.21. The van der Waals surface area contributed by atoms with E-state index in [1.54, 1.807) is 0 Å². The summed E-state index contributed by atoms with van der Waals surface area (Å²) in [6.07, 6.45) is 5.43. The van der Waals surface area contributed by atoms with Gasteiger partial charge in [-0.2, -0.15) is 0 Å². The van der Waals surface area contributed by atoms with Crippen LogP contribution >= 0.6 is 0 Å². The van der Waals surface area contributed by atoms with Crippen LogP contribution in [0.5, 0.6) is 0 Å². The third-order valence-electron chi connectivity index (χ3n) is 8.90. The number of carbonyl (C=O) groups excluding carboxylic acids is 4. The summed E-state index contributed by atoms with van der Waals surface area (Å²) in [5.41, 5.74) is 2.37. The molecule has 0 radical (unpaired) electrons. The van der Waals surface area contributed by atoms with Gasteiger partial charge in [0.2, 0.25) is 17.7 Å². The Balaban J connectivity index is 1.89. The standard InChI is InChI=1S/C36H61N7O6/c1-4-6-16-38-36(49)32(39-33(45)11-7-9-31-14-12-30(3)13-15-31)10-8-17-37-34(46)28-42-22-19-40(5-2)18-20-41(26-27-44)21-23-43(25-24-42)29-35(47)48/h12-15,27,32H,4-11,16-26,28-29H2,1-3H3,(H,37,46)(H,38,49)(H,39,45)(H,47,48)/t32-/m1/s1. The van der Waals surface area contributed by atoms with Crippen molar-refractivity contribution < 1.29 is 29.1 Å². The van der Waals surface area contributed by atoms with Crippen LogP contribution in [-0.2, 0) is 30.4 Å². The van der Waals surface area contributed by atoms with Gasteiger partial charge in [-0.15, -0.1) is 0 Å². The molecule has 0 saturated carbocycles. The monoisotopic (exact) mass is 687 g/mol. The van der Waals surface area contributed by atoms with Crippen molar-refractivity contribution in [3.63, 3.8) is 0 Å². The Bertz CT molecular complexity index is 1140.